The molecule has 0 saturated carbocycles. The van der Waals surface area contributed by atoms with Crippen LogP contribution < -0.4 is 10.1 Å². The van der Waals surface area contributed by atoms with E-state index in [9.17, 15) is 4.79 Å². The highest BCUT2D eigenvalue weighted by atomic mass is 35.5. The summed E-state index contributed by atoms with van der Waals surface area (Å²) in [6.07, 6.45) is 4.47. The van der Waals surface area contributed by atoms with Crippen LogP contribution in [0.25, 0.3) is 0 Å². The number of nitrogens with one attached hydrogen (secondary N) is 1. The van der Waals surface area contributed by atoms with Gasteiger partial charge in [-0.1, -0.05) is 11.6 Å². The van der Waals surface area contributed by atoms with Crippen LogP contribution in [0.4, 0.5) is 5.82 Å². The minimum Gasteiger partial charge on any atom is -0.496 e. The van der Waals surface area contributed by atoms with Gasteiger partial charge < -0.3 is 10.1 Å². The summed E-state index contributed by atoms with van der Waals surface area (Å²) in [5.74, 6) is 0.458. The van der Waals surface area contributed by atoms with Gasteiger partial charge in [-0.25, -0.2) is 4.98 Å². The molecule has 0 aliphatic carbocycles. The SMILES string of the molecule is COc1ccc(Cl)cc1C(=O)Nc1cnccn1. The molecule has 0 saturated heterocycles. The Labute approximate surface area is 109 Å². The number of carbonyl (C=O) groups is 1. The molecule has 5 nitrogen and oxygen atoms in total. The number of ether oxygens (including phenoxy) is 1. The number of aromatic nitrogens is 2. The fourth-order valence-corrected chi connectivity index (χ4v) is 1.58. The van der Waals surface area contributed by atoms with Crippen LogP contribution in [-0.2, 0) is 0 Å². The fraction of sp³-hybridized carbons (Fsp3) is 0.0833. The summed E-state index contributed by atoms with van der Waals surface area (Å²) in [5, 5.41) is 3.07. The second-order valence-corrected chi connectivity index (χ2v) is 3.83. The molecule has 1 aromatic heterocycles. The Kier molecular flexibility index (Phi) is 3.74. The topological polar surface area (TPSA) is 64.1 Å². The third-order valence-electron chi connectivity index (χ3n) is 2.21. The molecular formula is C12H10ClN3O2. The molecule has 1 amide bonds. The number of nitrogens with zero attached hydrogens (tertiary/aromatic N) is 2. The van der Waals surface area contributed by atoms with Crippen LogP contribution in [0.1, 0.15) is 10.4 Å². The lowest BCUT2D eigenvalue weighted by Gasteiger charge is -2.08. The van der Waals surface area contributed by atoms with Gasteiger partial charge in [0.2, 0.25) is 0 Å². The smallest absolute Gasteiger partial charge is 0.260 e. The highest BCUT2D eigenvalue weighted by Gasteiger charge is 2.13. The maximum absolute atomic E-state index is 12.0. The molecule has 0 atom stereocenters. The van der Waals surface area contributed by atoms with Gasteiger partial charge in [0.1, 0.15) is 5.75 Å². The minimum absolute atomic E-state index is 0.343. The molecule has 92 valence electrons. The van der Waals surface area contributed by atoms with Crippen LogP contribution in [0.2, 0.25) is 5.02 Å². The van der Waals surface area contributed by atoms with Gasteiger partial charge in [-0.2, -0.15) is 0 Å². The lowest BCUT2D eigenvalue weighted by atomic mass is 10.2. The second-order valence-electron chi connectivity index (χ2n) is 3.39. The highest BCUT2D eigenvalue weighted by Crippen LogP contribution is 2.23. The van der Waals surface area contributed by atoms with E-state index >= 15 is 0 Å². The molecular weight excluding hydrogens is 254 g/mol. The number of hydrogen-bond acceptors (Lipinski definition) is 4. The van der Waals surface area contributed by atoms with Gasteiger partial charge in [-0.05, 0) is 18.2 Å². The third kappa shape index (κ3) is 2.75. The molecule has 2 rings (SSSR count). The molecule has 1 aromatic carbocycles. The van der Waals surface area contributed by atoms with Crippen molar-refractivity contribution in [2.45, 2.75) is 0 Å². The van der Waals surface area contributed by atoms with Crippen molar-refractivity contribution in [3.8, 4) is 5.75 Å². The molecule has 0 aliphatic heterocycles. The average Bonchev–Trinajstić information content (AvgIpc) is 2.40. The predicted molar refractivity (Wildman–Crippen MR) is 68.0 cm³/mol. The van der Waals surface area contributed by atoms with Crippen LogP contribution in [0.5, 0.6) is 5.75 Å². The summed E-state index contributed by atoms with van der Waals surface area (Å²) in [7, 11) is 1.49. The first-order valence-electron chi connectivity index (χ1n) is 5.11. The molecule has 0 spiro atoms. The summed E-state index contributed by atoms with van der Waals surface area (Å²) in [6, 6.07) is 4.82. The average molecular weight is 264 g/mol. The molecule has 0 bridgehead atoms. The van der Waals surface area contributed by atoms with E-state index in [0.717, 1.165) is 0 Å². The van der Waals surface area contributed by atoms with Crippen LogP contribution in [0.3, 0.4) is 0 Å². The lowest BCUT2D eigenvalue weighted by molar-refractivity contribution is 0.102. The summed E-state index contributed by atoms with van der Waals surface area (Å²) in [4.78, 5) is 19.8. The summed E-state index contributed by atoms with van der Waals surface area (Å²) in [5.41, 5.74) is 0.343. The summed E-state index contributed by atoms with van der Waals surface area (Å²) >= 11 is 5.86. The van der Waals surface area contributed by atoms with E-state index in [2.05, 4.69) is 15.3 Å². The van der Waals surface area contributed by atoms with Gasteiger partial charge in [0, 0.05) is 17.4 Å². The van der Waals surface area contributed by atoms with E-state index in [1.807, 2.05) is 0 Å². The van der Waals surface area contributed by atoms with Crippen molar-refractivity contribution in [2.24, 2.45) is 0 Å². The van der Waals surface area contributed by atoms with E-state index in [1.165, 1.54) is 31.8 Å². The molecule has 6 heteroatoms. The monoisotopic (exact) mass is 263 g/mol. The Morgan fingerprint density at radius 3 is 2.89 bits per heavy atom. The largest absolute Gasteiger partial charge is 0.496 e. The van der Waals surface area contributed by atoms with Gasteiger partial charge in [0.15, 0.2) is 5.82 Å². The number of rotatable bonds is 3. The number of anilines is 1. The zero-order valence-corrected chi connectivity index (χ0v) is 10.3. The molecule has 0 unspecified atom stereocenters. The Morgan fingerprint density at radius 2 is 2.22 bits per heavy atom. The van der Waals surface area contributed by atoms with E-state index in [4.69, 9.17) is 16.3 Å². The maximum Gasteiger partial charge on any atom is 0.260 e. The Balaban J connectivity index is 2.26. The number of carbonyl (C=O) groups excluding carboxylic acids is 1. The molecule has 0 fully saturated rings. The Morgan fingerprint density at radius 1 is 1.39 bits per heavy atom. The predicted octanol–water partition coefficient (Wildman–Crippen LogP) is 2.39. The fourth-order valence-electron chi connectivity index (χ4n) is 1.40. The van der Waals surface area contributed by atoms with Gasteiger partial charge in [-0.15, -0.1) is 0 Å². The van der Waals surface area contributed by atoms with Gasteiger partial charge in [-0.3, -0.25) is 9.78 Å². The van der Waals surface area contributed by atoms with Crippen molar-refractivity contribution in [3.63, 3.8) is 0 Å². The van der Waals surface area contributed by atoms with Gasteiger partial charge in [0.25, 0.3) is 5.91 Å². The lowest BCUT2D eigenvalue weighted by Crippen LogP contribution is -2.14. The number of amides is 1. The van der Waals surface area contributed by atoms with Crippen molar-refractivity contribution in [2.75, 3.05) is 12.4 Å². The van der Waals surface area contributed by atoms with Crippen molar-refractivity contribution < 1.29 is 9.53 Å². The van der Waals surface area contributed by atoms with E-state index in [-0.39, 0.29) is 5.91 Å². The normalized spacial score (nSPS) is 9.89. The Hall–Kier alpha value is -2.14. The zero-order chi connectivity index (χ0) is 13.0. The first kappa shape index (κ1) is 12.3. The number of halogens is 1. The molecule has 2 aromatic rings. The van der Waals surface area contributed by atoms with Crippen molar-refractivity contribution >= 4 is 23.3 Å². The number of hydrogen-bond donors (Lipinski definition) is 1. The van der Waals surface area contributed by atoms with Crippen molar-refractivity contribution in [3.05, 3.63) is 47.4 Å². The van der Waals surface area contributed by atoms with Crippen LogP contribution >= 0.6 is 11.6 Å². The first-order chi connectivity index (χ1) is 8.70. The van der Waals surface area contributed by atoms with Gasteiger partial charge in [0.05, 0.1) is 18.9 Å². The molecule has 18 heavy (non-hydrogen) atoms. The molecule has 1 heterocycles. The van der Waals surface area contributed by atoms with Gasteiger partial charge >= 0.3 is 0 Å². The second kappa shape index (κ2) is 5.46. The minimum atomic E-state index is -0.352. The van der Waals surface area contributed by atoms with E-state index in [1.54, 1.807) is 12.1 Å². The zero-order valence-electron chi connectivity index (χ0n) is 9.55. The van der Waals surface area contributed by atoms with Crippen molar-refractivity contribution in [1.29, 1.82) is 0 Å². The molecule has 1 N–H and O–H groups in total. The standard InChI is InChI=1S/C12H10ClN3O2/c1-18-10-3-2-8(13)6-9(10)12(17)16-11-7-14-4-5-15-11/h2-7H,1H3,(H,15,16,17). The highest BCUT2D eigenvalue weighted by molar-refractivity contribution is 6.31. The van der Waals surface area contributed by atoms with E-state index in [0.29, 0.717) is 22.2 Å². The summed E-state index contributed by atoms with van der Waals surface area (Å²) < 4.78 is 5.10. The van der Waals surface area contributed by atoms with Crippen LogP contribution in [0.15, 0.2) is 36.8 Å². The maximum atomic E-state index is 12.0. The number of benzene rings is 1. The van der Waals surface area contributed by atoms with Crippen molar-refractivity contribution in [1.82, 2.24) is 9.97 Å². The quantitative estimate of drug-likeness (QED) is 0.923. The van der Waals surface area contributed by atoms with Crippen LogP contribution in [0, 0.1) is 0 Å². The van der Waals surface area contributed by atoms with Crippen LogP contribution in [-0.4, -0.2) is 23.0 Å². The number of methoxy groups -OCH3 is 1. The Bertz CT molecular complexity index is 561. The summed E-state index contributed by atoms with van der Waals surface area (Å²) in [6.45, 7) is 0. The molecule has 0 aliphatic rings. The third-order valence-corrected chi connectivity index (χ3v) is 2.45. The first-order valence-corrected chi connectivity index (χ1v) is 5.49. The molecule has 0 radical (unpaired) electrons. The van der Waals surface area contributed by atoms with E-state index < -0.39 is 0 Å².